The van der Waals surface area contributed by atoms with Crippen LogP contribution < -0.4 is 0 Å². The van der Waals surface area contributed by atoms with Gasteiger partial charge in [-0.15, -0.1) is 0 Å². The van der Waals surface area contributed by atoms with E-state index in [1.54, 1.807) is 0 Å². The third kappa shape index (κ3) is 5.88. The summed E-state index contributed by atoms with van der Waals surface area (Å²) in [6, 6.07) is 0. The van der Waals surface area contributed by atoms with Crippen molar-refractivity contribution in [3.05, 3.63) is 11.6 Å². The van der Waals surface area contributed by atoms with E-state index < -0.39 is 57.3 Å². The van der Waals surface area contributed by atoms with Crippen LogP contribution in [0.4, 0.5) is 0 Å². The van der Waals surface area contributed by atoms with E-state index in [2.05, 4.69) is 54.5 Å². The Balaban J connectivity index is 1.71. The van der Waals surface area contributed by atoms with Gasteiger partial charge in [-0.3, -0.25) is 24.0 Å². The summed E-state index contributed by atoms with van der Waals surface area (Å²) in [6.45, 7) is 22.8. The molecule has 50 heavy (non-hydrogen) atoms. The molecule has 0 saturated heterocycles. The summed E-state index contributed by atoms with van der Waals surface area (Å²) in [5, 5.41) is 0. The minimum atomic E-state index is -0.672. The lowest BCUT2D eigenvalue weighted by molar-refractivity contribution is -0.236. The summed E-state index contributed by atoms with van der Waals surface area (Å²) in [7, 11) is 0. The van der Waals surface area contributed by atoms with Crippen LogP contribution in [-0.4, -0.2) is 60.9 Å². The van der Waals surface area contributed by atoms with Crippen LogP contribution in [0.15, 0.2) is 11.6 Å². The Bertz CT molecular complexity index is 1450. The maximum atomic E-state index is 12.9. The fraction of sp³-hybridized carbons (Fsp3) is 0.825. The van der Waals surface area contributed by atoms with E-state index in [-0.39, 0.29) is 60.2 Å². The van der Waals surface area contributed by atoms with Crippen molar-refractivity contribution in [2.24, 2.45) is 56.7 Å². The Labute approximate surface area is 298 Å². The van der Waals surface area contributed by atoms with E-state index in [1.807, 2.05) is 0 Å². The average Bonchev–Trinajstić information content (AvgIpc) is 3.30. The first-order valence-corrected chi connectivity index (χ1v) is 18.6. The van der Waals surface area contributed by atoms with Crippen molar-refractivity contribution < 1.29 is 47.7 Å². The first-order chi connectivity index (χ1) is 23.0. The Kier molecular flexibility index (Phi) is 9.92. The van der Waals surface area contributed by atoms with Crippen molar-refractivity contribution >= 4 is 29.8 Å². The van der Waals surface area contributed by atoms with E-state index in [4.69, 9.17) is 23.7 Å². The zero-order chi connectivity index (χ0) is 37.4. The molecule has 0 amide bonds. The first kappa shape index (κ1) is 38.3. The van der Waals surface area contributed by atoms with Gasteiger partial charge < -0.3 is 23.7 Å². The average molecular weight is 701 g/mol. The molecule has 0 heterocycles. The first-order valence-electron chi connectivity index (χ1n) is 18.6. The smallest absolute Gasteiger partial charge is 0.303 e. The monoisotopic (exact) mass is 700 g/mol. The predicted octanol–water partition coefficient (Wildman–Crippen LogP) is 6.76. The standard InChI is InChI=1S/C40H60O10/c1-21(2)28-17-30(48-24(5)43)34-39(12)14-13-27-33(38(39,11)15-16-40(28,34)20-46-22(3)41)29(47-23(4)42)18-32-36(8,9)35(50-26(7)45)31(49-25(6)44)19-37(27,32)10/h13,21,28-35H,14-20H2,1-12H3/t28-,29-,30+,31+,32-,33-,34+,35-,37+,38-,39+,40+/m0/s1. The SMILES string of the molecule is CC(=O)OC[C@@]12CC[C@@]3(C)[C@H]4C(=CC[C@]3(C)[C@H]1[C@H](OC(C)=O)C[C@H]2C(C)C)[C@@]1(C)C[C@@H](OC(C)=O)[C@H](OC(C)=O)C(C)(C)[C@@H]1C[C@@H]4OC(C)=O. The van der Waals surface area contributed by atoms with Crippen LogP contribution in [0.3, 0.4) is 0 Å². The van der Waals surface area contributed by atoms with Gasteiger partial charge in [0.05, 0.1) is 6.61 Å². The van der Waals surface area contributed by atoms with Gasteiger partial charge in [-0.05, 0) is 72.5 Å². The van der Waals surface area contributed by atoms with Gasteiger partial charge in [0.1, 0.15) is 24.4 Å². The summed E-state index contributed by atoms with van der Waals surface area (Å²) in [5.74, 6) is -1.78. The molecule has 5 rings (SSSR count). The highest BCUT2D eigenvalue weighted by atomic mass is 16.6. The lowest BCUT2D eigenvalue weighted by Crippen LogP contribution is -2.68. The van der Waals surface area contributed by atoms with Crippen molar-refractivity contribution in [3.63, 3.8) is 0 Å². The number of carbonyl (C=O) groups is 5. The molecule has 4 saturated carbocycles. The molecule has 0 radical (unpaired) electrons. The summed E-state index contributed by atoms with van der Waals surface area (Å²) < 4.78 is 30.4. The largest absolute Gasteiger partial charge is 0.465 e. The van der Waals surface area contributed by atoms with Crippen molar-refractivity contribution in [2.45, 2.75) is 146 Å². The van der Waals surface area contributed by atoms with Crippen LogP contribution >= 0.6 is 0 Å². The molecule has 5 aliphatic rings. The lowest BCUT2D eigenvalue weighted by Gasteiger charge is -2.70. The fourth-order valence-electron chi connectivity index (χ4n) is 12.8. The molecule has 12 atom stereocenters. The second kappa shape index (κ2) is 12.9. The maximum Gasteiger partial charge on any atom is 0.303 e. The Morgan fingerprint density at radius 3 is 1.82 bits per heavy atom. The van der Waals surface area contributed by atoms with Crippen LogP contribution in [0, 0.1) is 56.7 Å². The highest BCUT2D eigenvalue weighted by Gasteiger charge is 2.74. The Hall–Kier alpha value is -2.91. The van der Waals surface area contributed by atoms with Gasteiger partial charge in [0, 0.05) is 57.3 Å². The van der Waals surface area contributed by atoms with Gasteiger partial charge in [0.25, 0.3) is 0 Å². The number of hydrogen-bond acceptors (Lipinski definition) is 10. The van der Waals surface area contributed by atoms with Gasteiger partial charge >= 0.3 is 29.8 Å². The summed E-state index contributed by atoms with van der Waals surface area (Å²) >= 11 is 0. The number of esters is 5. The van der Waals surface area contributed by atoms with Gasteiger partial charge in [-0.25, -0.2) is 0 Å². The third-order valence-electron chi connectivity index (χ3n) is 14.5. The Morgan fingerprint density at radius 1 is 0.720 bits per heavy atom. The predicted molar refractivity (Wildman–Crippen MR) is 184 cm³/mol. The van der Waals surface area contributed by atoms with E-state index in [0.717, 1.165) is 12.8 Å². The molecule has 0 aromatic carbocycles. The molecule has 0 aromatic heterocycles. The molecule has 4 fully saturated rings. The number of ether oxygens (including phenoxy) is 5. The van der Waals surface area contributed by atoms with Crippen LogP contribution in [0.2, 0.25) is 0 Å². The zero-order valence-corrected chi connectivity index (χ0v) is 32.3. The summed E-state index contributed by atoms with van der Waals surface area (Å²) in [6.07, 6.45) is 4.16. The maximum absolute atomic E-state index is 12.9. The minimum Gasteiger partial charge on any atom is -0.465 e. The number of fused-ring (bicyclic) bond motifs is 7. The molecule has 5 aliphatic carbocycles. The molecular formula is C40H60O10. The number of carbonyl (C=O) groups excluding carboxylic acids is 5. The molecule has 0 aliphatic heterocycles. The van der Waals surface area contributed by atoms with Gasteiger partial charge in [0.2, 0.25) is 0 Å². The molecule has 0 spiro atoms. The highest BCUT2D eigenvalue weighted by Crippen LogP contribution is 2.77. The molecule has 0 N–H and O–H groups in total. The van der Waals surface area contributed by atoms with E-state index in [0.29, 0.717) is 25.7 Å². The number of allylic oxidation sites excluding steroid dienone is 1. The van der Waals surface area contributed by atoms with Gasteiger partial charge in [-0.2, -0.15) is 0 Å². The molecular weight excluding hydrogens is 640 g/mol. The van der Waals surface area contributed by atoms with Crippen LogP contribution in [-0.2, 0) is 47.7 Å². The van der Waals surface area contributed by atoms with E-state index in [1.165, 1.54) is 40.2 Å². The van der Waals surface area contributed by atoms with Crippen LogP contribution in [0.5, 0.6) is 0 Å². The van der Waals surface area contributed by atoms with Crippen molar-refractivity contribution in [2.75, 3.05) is 6.61 Å². The summed E-state index contributed by atoms with van der Waals surface area (Å²) in [5.41, 5.74) is -1.14. The molecule has 0 bridgehead atoms. The van der Waals surface area contributed by atoms with E-state index >= 15 is 0 Å². The molecule has 280 valence electrons. The normalized spacial score (nSPS) is 42.8. The molecule has 10 nitrogen and oxygen atoms in total. The molecule has 0 unspecified atom stereocenters. The second-order valence-corrected chi connectivity index (χ2v) is 18.0. The van der Waals surface area contributed by atoms with Crippen molar-refractivity contribution in [1.82, 2.24) is 0 Å². The quantitative estimate of drug-likeness (QED) is 0.159. The topological polar surface area (TPSA) is 132 Å². The van der Waals surface area contributed by atoms with Crippen LogP contribution in [0.25, 0.3) is 0 Å². The van der Waals surface area contributed by atoms with E-state index in [9.17, 15) is 24.0 Å². The van der Waals surface area contributed by atoms with Gasteiger partial charge in [0.15, 0.2) is 0 Å². The summed E-state index contributed by atoms with van der Waals surface area (Å²) in [4.78, 5) is 62.8. The van der Waals surface area contributed by atoms with Crippen molar-refractivity contribution in [3.8, 4) is 0 Å². The molecule has 10 heteroatoms. The minimum absolute atomic E-state index is 0.0665. The zero-order valence-electron chi connectivity index (χ0n) is 32.3. The second-order valence-electron chi connectivity index (χ2n) is 18.0. The third-order valence-corrected chi connectivity index (χ3v) is 14.5. The number of rotatable bonds is 7. The Morgan fingerprint density at radius 2 is 1.28 bits per heavy atom. The highest BCUT2D eigenvalue weighted by molar-refractivity contribution is 5.68. The molecule has 0 aromatic rings. The van der Waals surface area contributed by atoms with Crippen molar-refractivity contribution in [1.29, 1.82) is 0 Å². The fourth-order valence-corrected chi connectivity index (χ4v) is 12.8. The number of hydrogen-bond donors (Lipinski definition) is 0. The van der Waals surface area contributed by atoms with Crippen LogP contribution in [0.1, 0.15) is 122 Å². The lowest BCUT2D eigenvalue weighted by atomic mass is 9.35. The van der Waals surface area contributed by atoms with Gasteiger partial charge in [-0.1, -0.05) is 60.1 Å².